The first-order valence-corrected chi connectivity index (χ1v) is 5.93. The van der Waals surface area contributed by atoms with Gasteiger partial charge in [0.15, 0.2) is 10.4 Å². The van der Waals surface area contributed by atoms with E-state index in [0.29, 0.717) is 24.3 Å². The van der Waals surface area contributed by atoms with Crippen molar-refractivity contribution >= 4 is 29.3 Å². The van der Waals surface area contributed by atoms with Gasteiger partial charge in [-0.3, -0.25) is 4.79 Å². The lowest BCUT2D eigenvalue weighted by molar-refractivity contribution is -0.121. The molecule has 5 nitrogen and oxygen atoms in total. The van der Waals surface area contributed by atoms with Gasteiger partial charge >= 0.3 is 0 Å². The van der Waals surface area contributed by atoms with Gasteiger partial charge in [0.05, 0.1) is 5.52 Å². The molecule has 0 radical (unpaired) electrons. The molecule has 0 aliphatic rings. The number of nitrogens with zero attached hydrogens (tertiary/aromatic N) is 2. The lowest BCUT2D eigenvalue weighted by Crippen LogP contribution is -2.23. The largest absolute Gasteiger partial charge is 0.356 e. The van der Waals surface area contributed by atoms with Gasteiger partial charge in [0, 0.05) is 25.7 Å². The molecule has 0 aliphatic carbocycles. The van der Waals surface area contributed by atoms with Crippen LogP contribution in [0.1, 0.15) is 13.3 Å². The second kappa shape index (κ2) is 5.09. The number of aryl methyl sites for hydroxylation is 1. The van der Waals surface area contributed by atoms with Crippen molar-refractivity contribution in [1.29, 1.82) is 0 Å². The third kappa shape index (κ3) is 2.52. The molecule has 2 heterocycles. The van der Waals surface area contributed by atoms with E-state index in [2.05, 4.69) is 15.3 Å². The Hall–Kier alpha value is -1.69. The van der Waals surface area contributed by atoms with Crippen LogP contribution in [0.25, 0.3) is 11.2 Å². The predicted molar refractivity (Wildman–Crippen MR) is 68.2 cm³/mol. The summed E-state index contributed by atoms with van der Waals surface area (Å²) in [6.45, 7) is 3.09. The molecule has 0 saturated heterocycles. The van der Waals surface area contributed by atoms with E-state index >= 15 is 0 Å². The zero-order chi connectivity index (χ0) is 12.3. The van der Waals surface area contributed by atoms with E-state index < -0.39 is 0 Å². The standard InChI is InChI=1S/C11H14N4OS/c1-2-12-9(16)5-7-15-10-8(14-11(15)17)4-3-6-13-10/h3-4,6H,2,5,7H2,1H3,(H,12,16)(H,14,17). The highest BCUT2D eigenvalue weighted by molar-refractivity contribution is 7.71. The predicted octanol–water partition coefficient (Wildman–Crippen LogP) is 1.62. The summed E-state index contributed by atoms with van der Waals surface area (Å²) in [4.78, 5) is 18.7. The van der Waals surface area contributed by atoms with Crippen molar-refractivity contribution in [1.82, 2.24) is 19.9 Å². The topological polar surface area (TPSA) is 62.7 Å². The van der Waals surface area contributed by atoms with Gasteiger partial charge in [0.2, 0.25) is 5.91 Å². The number of imidazole rings is 1. The number of hydrogen-bond donors (Lipinski definition) is 2. The first-order valence-electron chi connectivity index (χ1n) is 5.52. The van der Waals surface area contributed by atoms with Crippen molar-refractivity contribution in [3.63, 3.8) is 0 Å². The monoisotopic (exact) mass is 250 g/mol. The molecule has 0 bridgehead atoms. The van der Waals surface area contributed by atoms with Gasteiger partial charge in [-0.2, -0.15) is 0 Å². The van der Waals surface area contributed by atoms with Gasteiger partial charge in [0.25, 0.3) is 0 Å². The van der Waals surface area contributed by atoms with E-state index in [4.69, 9.17) is 12.2 Å². The van der Waals surface area contributed by atoms with Crippen LogP contribution in [0, 0.1) is 4.77 Å². The Morgan fingerprint density at radius 1 is 1.65 bits per heavy atom. The van der Waals surface area contributed by atoms with Crippen LogP contribution in [0.5, 0.6) is 0 Å². The highest BCUT2D eigenvalue weighted by Gasteiger charge is 2.06. The molecule has 2 aromatic heterocycles. The highest BCUT2D eigenvalue weighted by atomic mass is 32.1. The molecular weight excluding hydrogens is 236 g/mol. The van der Waals surface area contributed by atoms with Gasteiger partial charge in [-0.15, -0.1) is 0 Å². The molecule has 0 unspecified atom stereocenters. The number of pyridine rings is 1. The van der Waals surface area contributed by atoms with Gasteiger partial charge < -0.3 is 14.9 Å². The minimum absolute atomic E-state index is 0.0275. The first kappa shape index (κ1) is 11.8. The Kier molecular flexibility index (Phi) is 3.53. The number of aromatic amines is 1. The van der Waals surface area contributed by atoms with Crippen molar-refractivity contribution in [2.75, 3.05) is 6.54 Å². The number of H-pyrrole nitrogens is 1. The summed E-state index contributed by atoms with van der Waals surface area (Å²) in [6.07, 6.45) is 2.12. The van der Waals surface area contributed by atoms with E-state index in [9.17, 15) is 4.79 Å². The molecule has 0 spiro atoms. The van der Waals surface area contributed by atoms with E-state index in [0.717, 1.165) is 11.2 Å². The number of nitrogens with one attached hydrogen (secondary N) is 2. The van der Waals surface area contributed by atoms with Gasteiger partial charge in [-0.25, -0.2) is 4.98 Å². The second-order valence-corrected chi connectivity index (χ2v) is 4.05. The van der Waals surface area contributed by atoms with E-state index in [1.165, 1.54) is 0 Å². The van der Waals surface area contributed by atoms with Crippen molar-refractivity contribution in [2.45, 2.75) is 19.9 Å². The fourth-order valence-electron chi connectivity index (χ4n) is 1.69. The van der Waals surface area contributed by atoms with Crippen molar-refractivity contribution in [3.8, 4) is 0 Å². The SMILES string of the molecule is CCNC(=O)CCn1c(=S)[nH]c2cccnc21. The minimum atomic E-state index is 0.0275. The second-order valence-electron chi connectivity index (χ2n) is 3.66. The molecule has 0 aromatic carbocycles. The third-order valence-electron chi connectivity index (χ3n) is 2.47. The molecular formula is C11H14N4OS. The maximum Gasteiger partial charge on any atom is 0.221 e. The van der Waals surface area contributed by atoms with Crippen molar-refractivity contribution < 1.29 is 4.79 Å². The lowest BCUT2D eigenvalue weighted by Gasteiger charge is -2.04. The number of carbonyl (C=O) groups is 1. The highest BCUT2D eigenvalue weighted by Crippen LogP contribution is 2.10. The number of amides is 1. The summed E-state index contributed by atoms with van der Waals surface area (Å²) in [7, 11) is 0. The molecule has 2 rings (SSSR count). The van der Waals surface area contributed by atoms with Crippen LogP contribution in [0.4, 0.5) is 0 Å². The third-order valence-corrected chi connectivity index (χ3v) is 2.79. The van der Waals surface area contributed by atoms with Gasteiger partial charge in [-0.1, -0.05) is 0 Å². The van der Waals surface area contributed by atoms with Gasteiger partial charge in [-0.05, 0) is 31.3 Å². The molecule has 1 amide bonds. The smallest absolute Gasteiger partial charge is 0.221 e. The van der Waals surface area contributed by atoms with Crippen LogP contribution >= 0.6 is 12.2 Å². The number of aromatic nitrogens is 3. The maximum absolute atomic E-state index is 11.4. The summed E-state index contributed by atoms with van der Waals surface area (Å²) in [6, 6.07) is 3.77. The quantitative estimate of drug-likeness (QED) is 0.811. The van der Waals surface area contributed by atoms with Gasteiger partial charge in [0.1, 0.15) is 0 Å². The van der Waals surface area contributed by atoms with E-state index in [1.807, 2.05) is 23.6 Å². The summed E-state index contributed by atoms with van der Waals surface area (Å²) in [5.41, 5.74) is 1.69. The number of carbonyl (C=O) groups excluding carboxylic acids is 1. The van der Waals surface area contributed by atoms with Crippen molar-refractivity contribution in [2.24, 2.45) is 0 Å². The summed E-state index contributed by atoms with van der Waals surface area (Å²) >= 11 is 5.21. The molecule has 0 fully saturated rings. The number of rotatable bonds is 4. The van der Waals surface area contributed by atoms with E-state index in [1.54, 1.807) is 6.20 Å². The van der Waals surface area contributed by atoms with Crippen LogP contribution < -0.4 is 5.32 Å². The van der Waals surface area contributed by atoms with Crippen molar-refractivity contribution in [3.05, 3.63) is 23.1 Å². The molecule has 0 saturated carbocycles. The molecule has 6 heteroatoms. The molecule has 2 aromatic rings. The first-order chi connectivity index (χ1) is 8.22. The average molecular weight is 250 g/mol. The number of hydrogen-bond acceptors (Lipinski definition) is 3. The van der Waals surface area contributed by atoms with Crippen LogP contribution in [0.3, 0.4) is 0 Å². The Morgan fingerprint density at radius 3 is 3.24 bits per heavy atom. The van der Waals surface area contributed by atoms with E-state index in [-0.39, 0.29) is 5.91 Å². The zero-order valence-electron chi connectivity index (χ0n) is 9.56. The lowest BCUT2D eigenvalue weighted by atomic mass is 10.4. The molecule has 0 atom stereocenters. The minimum Gasteiger partial charge on any atom is -0.356 e. The van der Waals surface area contributed by atoms with Crippen LogP contribution in [-0.2, 0) is 11.3 Å². The number of fused-ring (bicyclic) bond motifs is 1. The molecule has 0 aliphatic heterocycles. The summed E-state index contributed by atoms with van der Waals surface area (Å²) < 4.78 is 2.45. The molecule has 90 valence electrons. The molecule has 2 N–H and O–H groups in total. The Labute approximate surface area is 104 Å². The van der Waals surface area contributed by atoms with Crippen LogP contribution in [0.15, 0.2) is 18.3 Å². The normalized spacial score (nSPS) is 10.6. The summed E-state index contributed by atoms with van der Waals surface area (Å²) in [5.74, 6) is 0.0275. The Balaban J connectivity index is 2.21. The Bertz CT molecular complexity index is 586. The van der Waals surface area contributed by atoms with Crippen LogP contribution in [-0.4, -0.2) is 27.0 Å². The maximum atomic E-state index is 11.4. The molecule has 17 heavy (non-hydrogen) atoms. The fraction of sp³-hybridized carbons (Fsp3) is 0.364. The Morgan fingerprint density at radius 2 is 2.47 bits per heavy atom. The average Bonchev–Trinajstić information content (AvgIpc) is 2.62. The van der Waals surface area contributed by atoms with Crippen LogP contribution in [0.2, 0.25) is 0 Å². The summed E-state index contributed by atoms with van der Waals surface area (Å²) in [5, 5.41) is 2.76. The fourth-order valence-corrected chi connectivity index (χ4v) is 1.98. The zero-order valence-corrected chi connectivity index (χ0v) is 10.4.